The first kappa shape index (κ1) is 17.1. The summed E-state index contributed by atoms with van der Waals surface area (Å²) in [5.74, 6) is -3.45. The normalized spacial score (nSPS) is 10.5. The first-order valence-electron chi connectivity index (χ1n) is 6.95. The minimum Gasteiger partial charge on any atom is -0.404 e. The predicted octanol–water partition coefficient (Wildman–Crippen LogP) is 4.46. The molecule has 1 heterocycles. The Hall–Kier alpha value is -2.71. The Labute approximate surface area is 149 Å². The van der Waals surface area contributed by atoms with Crippen LogP contribution in [0.2, 0.25) is 0 Å². The van der Waals surface area contributed by atoms with Gasteiger partial charge in [-0.3, -0.25) is 4.79 Å². The molecule has 0 bridgehead atoms. The molecule has 0 atom stereocenters. The topological polar surface area (TPSA) is 48.3 Å². The third kappa shape index (κ3) is 3.40. The molecule has 0 aliphatic rings. The largest absolute Gasteiger partial charge is 0.404 e. The molecule has 0 unspecified atom stereocenters. The van der Waals surface area contributed by atoms with Gasteiger partial charge in [0.05, 0.1) is 16.5 Å². The van der Waals surface area contributed by atoms with E-state index in [1.165, 1.54) is 41.8 Å². The average molecular weight is 377 g/mol. The molecule has 0 N–H and O–H groups in total. The van der Waals surface area contributed by atoms with Gasteiger partial charge in [-0.25, -0.2) is 18.1 Å². The number of aromatic nitrogens is 1. The van der Waals surface area contributed by atoms with Gasteiger partial charge in [-0.1, -0.05) is 24.3 Å². The molecule has 1 aromatic heterocycles. The van der Waals surface area contributed by atoms with E-state index in [1.807, 2.05) is 0 Å². The molecule has 0 fully saturated rings. The fraction of sp³-hybridized carbons (Fsp3) is 0. The molecule has 0 saturated heterocycles. The summed E-state index contributed by atoms with van der Waals surface area (Å²) in [6, 6.07) is 10.6. The van der Waals surface area contributed by atoms with Crippen molar-refractivity contribution < 1.29 is 23.1 Å². The van der Waals surface area contributed by atoms with Crippen molar-refractivity contribution in [1.29, 1.82) is 0 Å². The van der Waals surface area contributed by atoms with Crippen LogP contribution in [-0.4, -0.2) is 16.4 Å². The molecule has 2 aromatic carbocycles. The molecule has 3 aromatic rings. The van der Waals surface area contributed by atoms with Crippen LogP contribution in [0.3, 0.4) is 0 Å². The molecule has 25 heavy (non-hydrogen) atoms. The van der Waals surface area contributed by atoms with Crippen LogP contribution >= 0.6 is 23.6 Å². The monoisotopic (exact) mass is 377 g/mol. The zero-order valence-corrected chi connectivity index (χ0v) is 14.1. The van der Waals surface area contributed by atoms with E-state index in [0.29, 0.717) is 0 Å². The number of benzene rings is 2. The summed E-state index contributed by atoms with van der Waals surface area (Å²) < 4.78 is 33.6. The Morgan fingerprint density at radius 3 is 2.12 bits per heavy atom. The van der Waals surface area contributed by atoms with Crippen LogP contribution in [-0.2, 0) is 0 Å². The first-order valence-corrected chi connectivity index (χ1v) is 8.24. The number of halogens is 2. The van der Waals surface area contributed by atoms with Gasteiger partial charge in [0.2, 0.25) is 5.88 Å². The molecule has 0 radical (unpaired) electrons. The highest BCUT2D eigenvalue weighted by atomic mass is 32.1. The number of ether oxygens (including phenoxy) is 1. The lowest BCUT2D eigenvalue weighted by molar-refractivity contribution is 0.0712. The van der Waals surface area contributed by atoms with Crippen LogP contribution in [0.15, 0.2) is 53.9 Å². The van der Waals surface area contributed by atoms with Gasteiger partial charge < -0.3 is 4.74 Å². The molecule has 0 spiro atoms. The van der Waals surface area contributed by atoms with E-state index in [4.69, 9.17) is 17.0 Å². The quantitative estimate of drug-likeness (QED) is 0.499. The minimum absolute atomic E-state index is 0.0737. The Morgan fingerprint density at radius 2 is 1.52 bits per heavy atom. The molecule has 126 valence electrons. The number of carbonyl (C=O) groups is 2. The lowest BCUT2D eigenvalue weighted by Gasteiger charge is -2.09. The lowest BCUT2D eigenvalue weighted by Crippen LogP contribution is -2.18. The molecule has 3 rings (SSSR count). The number of hydrogen-bond acceptors (Lipinski definition) is 5. The number of carbonyl (C=O) groups excluding carboxylic acids is 2. The Morgan fingerprint density at radius 1 is 0.960 bits per heavy atom. The van der Waals surface area contributed by atoms with Crippen LogP contribution in [0.1, 0.15) is 20.7 Å². The molecular formula is C17H9F2NO3S2. The van der Waals surface area contributed by atoms with Crippen molar-refractivity contribution in [2.75, 3.05) is 0 Å². The van der Waals surface area contributed by atoms with Crippen molar-refractivity contribution in [1.82, 2.24) is 4.57 Å². The Bertz CT molecular complexity index is 1030. The van der Waals surface area contributed by atoms with E-state index in [0.717, 1.165) is 28.0 Å². The maximum absolute atomic E-state index is 13.9. The van der Waals surface area contributed by atoms with E-state index in [1.54, 1.807) is 0 Å². The molecule has 0 aliphatic heterocycles. The standard InChI is InChI=1S/C17H9F2NO3S2/c18-12-7-3-1-5-10(12)15(21)20-14(9-25-17(20)24)23-16(22)11-6-2-4-8-13(11)19/h1-9H. The Balaban J connectivity index is 1.97. The van der Waals surface area contributed by atoms with E-state index >= 15 is 0 Å². The van der Waals surface area contributed by atoms with E-state index in [9.17, 15) is 18.4 Å². The van der Waals surface area contributed by atoms with Crippen LogP contribution in [0, 0.1) is 15.6 Å². The Kier molecular flexibility index (Phi) is 4.82. The number of hydrogen-bond donors (Lipinski definition) is 0. The molecule has 0 amide bonds. The number of thiazole rings is 1. The summed E-state index contributed by atoms with van der Waals surface area (Å²) >= 11 is 6.03. The molecular weight excluding hydrogens is 368 g/mol. The highest BCUT2D eigenvalue weighted by Gasteiger charge is 2.22. The molecule has 8 heteroatoms. The first-order chi connectivity index (χ1) is 12.0. The third-order valence-electron chi connectivity index (χ3n) is 3.26. The zero-order valence-electron chi connectivity index (χ0n) is 12.4. The molecule has 4 nitrogen and oxygen atoms in total. The summed E-state index contributed by atoms with van der Waals surface area (Å²) in [7, 11) is 0. The second-order valence-electron chi connectivity index (χ2n) is 4.83. The second-order valence-corrected chi connectivity index (χ2v) is 6.33. The van der Waals surface area contributed by atoms with E-state index < -0.39 is 23.5 Å². The zero-order chi connectivity index (χ0) is 18.0. The maximum atomic E-state index is 13.9. The third-order valence-corrected chi connectivity index (χ3v) is 4.44. The highest BCUT2D eigenvalue weighted by Crippen LogP contribution is 2.23. The summed E-state index contributed by atoms with van der Waals surface area (Å²) in [4.78, 5) is 24.7. The van der Waals surface area contributed by atoms with Crippen molar-refractivity contribution in [3.8, 4) is 5.88 Å². The second kappa shape index (κ2) is 7.04. The van der Waals surface area contributed by atoms with Gasteiger partial charge in [0, 0.05) is 0 Å². The fourth-order valence-electron chi connectivity index (χ4n) is 2.08. The fourth-order valence-corrected chi connectivity index (χ4v) is 3.03. The minimum atomic E-state index is -0.985. The molecule has 0 aliphatic carbocycles. The SMILES string of the molecule is O=C(Oc1csc(=S)n1C(=O)c1ccccc1F)c1ccccc1F. The number of nitrogens with zero attached hydrogens (tertiary/aromatic N) is 1. The van der Waals surface area contributed by atoms with Crippen molar-refractivity contribution in [2.45, 2.75) is 0 Å². The van der Waals surface area contributed by atoms with Crippen LogP contribution in [0.4, 0.5) is 8.78 Å². The smallest absolute Gasteiger partial charge is 0.347 e. The van der Waals surface area contributed by atoms with Crippen molar-refractivity contribution in [3.63, 3.8) is 0 Å². The summed E-state index contributed by atoms with van der Waals surface area (Å²) in [5.41, 5.74) is -0.510. The van der Waals surface area contributed by atoms with Crippen molar-refractivity contribution in [3.05, 3.63) is 80.6 Å². The van der Waals surface area contributed by atoms with Gasteiger partial charge in [0.15, 0.2) is 3.95 Å². The van der Waals surface area contributed by atoms with Gasteiger partial charge in [-0.2, -0.15) is 0 Å². The summed E-state index contributed by atoms with van der Waals surface area (Å²) in [6.07, 6.45) is 0. The predicted molar refractivity (Wildman–Crippen MR) is 90.6 cm³/mol. The maximum Gasteiger partial charge on any atom is 0.347 e. The van der Waals surface area contributed by atoms with Gasteiger partial charge >= 0.3 is 5.97 Å². The van der Waals surface area contributed by atoms with Crippen molar-refractivity contribution in [2.24, 2.45) is 0 Å². The highest BCUT2D eigenvalue weighted by molar-refractivity contribution is 7.73. The van der Waals surface area contributed by atoms with Gasteiger partial charge in [0.1, 0.15) is 11.6 Å². The average Bonchev–Trinajstić information content (AvgIpc) is 2.95. The van der Waals surface area contributed by atoms with Crippen LogP contribution in [0.25, 0.3) is 0 Å². The van der Waals surface area contributed by atoms with Gasteiger partial charge in [-0.05, 0) is 36.5 Å². The number of esters is 1. The van der Waals surface area contributed by atoms with E-state index in [2.05, 4.69) is 0 Å². The van der Waals surface area contributed by atoms with Crippen LogP contribution in [0.5, 0.6) is 5.88 Å². The summed E-state index contributed by atoms with van der Waals surface area (Å²) in [6.45, 7) is 0. The van der Waals surface area contributed by atoms with Crippen LogP contribution < -0.4 is 4.74 Å². The van der Waals surface area contributed by atoms with Gasteiger partial charge in [-0.15, -0.1) is 11.3 Å². The summed E-state index contributed by atoms with van der Waals surface area (Å²) in [5, 5.41) is 1.33. The van der Waals surface area contributed by atoms with Gasteiger partial charge in [0.25, 0.3) is 5.91 Å². The van der Waals surface area contributed by atoms with Crippen molar-refractivity contribution >= 4 is 35.4 Å². The lowest BCUT2D eigenvalue weighted by atomic mass is 10.2. The number of rotatable bonds is 3. The molecule has 0 saturated carbocycles. The van der Waals surface area contributed by atoms with E-state index in [-0.39, 0.29) is 21.0 Å².